The molecule has 1 heterocycles. The first-order valence-electron chi connectivity index (χ1n) is 7.05. The van der Waals surface area contributed by atoms with Crippen molar-refractivity contribution in [3.63, 3.8) is 0 Å². The third-order valence-corrected chi connectivity index (χ3v) is 4.20. The van der Waals surface area contributed by atoms with Crippen molar-refractivity contribution in [1.29, 1.82) is 0 Å². The van der Waals surface area contributed by atoms with E-state index in [1.165, 1.54) is 11.3 Å². The van der Waals surface area contributed by atoms with Gasteiger partial charge in [-0.2, -0.15) is 0 Å². The number of hydrogen-bond acceptors (Lipinski definition) is 2. The first-order chi connectivity index (χ1) is 8.58. The molecule has 0 aromatic heterocycles. The lowest BCUT2D eigenvalue weighted by molar-refractivity contribution is 0.166. The standard InChI is InChI=1S/C16H25NO/c1-4-14-7-5-6-8-15(14)17-10-9-13(12-18)11-16(17,2)3/h5-8,13,18H,4,9-12H2,1-3H3. The Bertz CT molecular complexity index is 400. The van der Waals surface area contributed by atoms with Crippen LogP contribution in [-0.2, 0) is 6.42 Å². The maximum absolute atomic E-state index is 9.36. The van der Waals surface area contributed by atoms with Gasteiger partial charge in [-0.25, -0.2) is 0 Å². The quantitative estimate of drug-likeness (QED) is 0.886. The zero-order valence-electron chi connectivity index (χ0n) is 11.8. The highest BCUT2D eigenvalue weighted by Gasteiger charge is 2.35. The molecule has 1 fully saturated rings. The van der Waals surface area contributed by atoms with Crippen LogP contribution in [0, 0.1) is 5.92 Å². The number of hydrogen-bond donors (Lipinski definition) is 1. The molecule has 0 amide bonds. The number of aryl methyl sites for hydroxylation is 1. The van der Waals surface area contributed by atoms with E-state index in [-0.39, 0.29) is 5.54 Å². The molecule has 1 atom stereocenters. The van der Waals surface area contributed by atoms with E-state index in [1.807, 2.05) is 0 Å². The van der Waals surface area contributed by atoms with Crippen LogP contribution in [0.4, 0.5) is 5.69 Å². The Morgan fingerprint density at radius 1 is 1.33 bits per heavy atom. The highest BCUT2D eigenvalue weighted by atomic mass is 16.3. The number of anilines is 1. The van der Waals surface area contributed by atoms with Crippen LogP contribution in [0.5, 0.6) is 0 Å². The van der Waals surface area contributed by atoms with Gasteiger partial charge in [0, 0.05) is 24.4 Å². The summed E-state index contributed by atoms with van der Waals surface area (Å²) in [6, 6.07) is 8.71. The second kappa shape index (κ2) is 5.31. The first kappa shape index (κ1) is 13.4. The lowest BCUT2D eigenvalue weighted by atomic mass is 9.82. The van der Waals surface area contributed by atoms with E-state index in [9.17, 15) is 5.11 Å². The van der Waals surface area contributed by atoms with E-state index >= 15 is 0 Å². The number of aliphatic hydroxyl groups is 1. The maximum Gasteiger partial charge on any atom is 0.0460 e. The molecule has 100 valence electrons. The Balaban J connectivity index is 2.27. The number of piperidine rings is 1. The summed E-state index contributed by atoms with van der Waals surface area (Å²) < 4.78 is 0. The Hall–Kier alpha value is -1.02. The van der Waals surface area contributed by atoms with Gasteiger partial charge < -0.3 is 10.0 Å². The largest absolute Gasteiger partial charge is 0.396 e. The van der Waals surface area contributed by atoms with E-state index in [0.717, 1.165) is 25.8 Å². The average Bonchev–Trinajstić information content (AvgIpc) is 2.37. The zero-order chi connectivity index (χ0) is 13.2. The molecule has 0 radical (unpaired) electrons. The van der Waals surface area contributed by atoms with Crippen molar-refractivity contribution in [2.45, 2.75) is 45.6 Å². The minimum absolute atomic E-state index is 0.136. The van der Waals surface area contributed by atoms with Crippen molar-refractivity contribution in [2.24, 2.45) is 5.92 Å². The smallest absolute Gasteiger partial charge is 0.0460 e. The Morgan fingerprint density at radius 2 is 2.06 bits per heavy atom. The second-order valence-electron chi connectivity index (χ2n) is 5.99. The number of aliphatic hydroxyl groups excluding tert-OH is 1. The van der Waals surface area contributed by atoms with E-state index in [1.54, 1.807) is 0 Å². The minimum atomic E-state index is 0.136. The average molecular weight is 247 g/mol. The summed E-state index contributed by atoms with van der Waals surface area (Å²) in [6.07, 6.45) is 3.24. The topological polar surface area (TPSA) is 23.5 Å². The molecule has 0 saturated carbocycles. The monoisotopic (exact) mass is 247 g/mol. The molecule has 2 rings (SSSR count). The van der Waals surface area contributed by atoms with Crippen molar-refractivity contribution < 1.29 is 5.11 Å². The van der Waals surface area contributed by atoms with Gasteiger partial charge in [0.05, 0.1) is 0 Å². The van der Waals surface area contributed by atoms with Crippen LogP contribution in [-0.4, -0.2) is 23.8 Å². The molecule has 1 N–H and O–H groups in total. The van der Waals surface area contributed by atoms with Gasteiger partial charge in [-0.3, -0.25) is 0 Å². The molecule has 0 aliphatic carbocycles. The highest BCUT2D eigenvalue weighted by molar-refractivity contribution is 5.56. The first-order valence-corrected chi connectivity index (χ1v) is 7.05. The molecule has 1 aliphatic heterocycles. The van der Waals surface area contributed by atoms with Gasteiger partial charge in [-0.05, 0) is 50.7 Å². The molecule has 18 heavy (non-hydrogen) atoms. The highest BCUT2D eigenvalue weighted by Crippen LogP contribution is 2.36. The van der Waals surface area contributed by atoms with Crippen molar-refractivity contribution in [2.75, 3.05) is 18.1 Å². The summed E-state index contributed by atoms with van der Waals surface area (Å²) >= 11 is 0. The third-order valence-electron chi connectivity index (χ3n) is 4.20. The van der Waals surface area contributed by atoms with Crippen molar-refractivity contribution in [3.8, 4) is 0 Å². The molecule has 2 heteroatoms. The Kier molecular flexibility index (Phi) is 3.96. The van der Waals surface area contributed by atoms with Crippen LogP contribution in [0.2, 0.25) is 0 Å². The molecule has 2 nitrogen and oxygen atoms in total. The summed E-state index contributed by atoms with van der Waals surface area (Å²) in [4.78, 5) is 2.53. The van der Waals surface area contributed by atoms with Gasteiger partial charge in [-0.15, -0.1) is 0 Å². The molecule has 1 aromatic rings. The lowest BCUT2D eigenvalue weighted by Gasteiger charge is -2.47. The summed E-state index contributed by atoms with van der Waals surface area (Å²) in [5, 5.41) is 9.36. The summed E-state index contributed by atoms with van der Waals surface area (Å²) in [5.74, 6) is 0.463. The maximum atomic E-state index is 9.36. The van der Waals surface area contributed by atoms with Crippen LogP contribution < -0.4 is 4.90 Å². The molecule has 1 saturated heterocycles. The summed E-state index contributed by atoms with van der Waals surface area (Å²) in [7, 11) is 0. The number of para-hydroxylation sites is 1. The fourth-order valence-corrected chi connectivity index (χ4v) is 3.21. The van der Waals surface area contributed by atoms with Crippen LogP contribution in [0.15, 0.2) is 24.3 Å². The van der Waals surface area contributed by atoms with Crippen molar-refractivity contribution >= 4 is 5.69 Å². The predicted molar refractivity (Wildman–Crippen MR) is 77.1 cm³/mol. The van der Waals surface area contributed by atoms with Gasteiger partial charge >= 0.3 is 0 Å². The molecule has 0 spiro atoms. The van der Waals surface area contributed by atoms with Gasteiger partial charge in [0.15, 0.2) is 0 Å². The summed E-state index contributed by atoms with van der Waals surface area (Å²) in [5.41, 5.74) is 2.94. The molecule has 1 unspecified atom stereocenters. The van der Waals surface area contributed by atoms with Crippen LogP contribution in [0.25, 0.3) is 0 Å². The number of rotatable bonds is 3. The fourth-order valence-electron chi connectivity index (χ4n) is 3.21. The Labute approximate surface area is 111 Å². The van der Waals surface area contributed by atoms with Crippen LogP contribution >= 0.6 is 0 Å². The predicted octanol–water partition coefficient (Wildman–Crippen LogP) is 3.24. The number of benzene rings is 1. The second-order valence-corrected chi connectivity index (χ2v) is 5.99. The van der Waals surface area contributed by atoms with E-state index in [2.05, 4.69) is 49.9 Å². The minimum Gasteiger partial charge on any atom is -0.396 e. The zero-order valence-corrected chi connectivity index (χ0v) is 11.8. The number of nitrogens with zero attached hydrogens (tertiary/aromatic N) is 1. The summed E-state index contributed by atoms with van der Waals surface area (Å²) in [6.45, 7) is 8.18. The van der Waals surface area contributed by atoms with Crippen LogP contribution in [0.1, 0.15) is 39.2 Å². The van der Waals surface area contributed by atoms with Gasteiger partial charge in [-0.1, -0.05) is 25.1 Å². The molecule has 1 aromatic carbocycles. The normalized spacial score (nSPS) is 23.1. The SMILES string of the molecule is CCc1ccccc1N1CCC(CO)CC1(C)C. The molecular formula is C16H25NO. The lowest BCUT2D eigenvalue weighted by Crippen LogP contribution is -2.51. The molecular weight excluding hydrogens is 222 g/mol. The Morgan fingerprint density at radius 3 is 2.67 bits per heavy atom. The molecule has 1 aliphatic rings. The van der Waals surface area contributed by atoms with Gasteiger partial charge in [0.2, 0.25) is 0 Å². The fraction of sp³-hybridized carbons (Fsp3) is 0.625. The van der Waals surface area contributed by atoms with E-state index in [0.29, 0.717) is 12.5 Å². The van der Waals surface area contributed by atoms with Gasteiger partial charge in [0.1, 0.15) is 0 Å². The van der Waals surface area contributed by atoms with Crippen LogP contribution in [0.3, 0.4) is 0 Å². The van der Waals surface area contributed by atoms with E-state index < -0.39 is 0 Å². The van der Waals surface area contributed by atoms with Gasteiger partial charge in [0.25, 0.3) is 0 Å². The van der Waals surface area contributed by atoms with Crippen molar-refractivity contribution in [3.05, 3.63) is 29.8 Å². The molecule has 0 bridgehead atoms. The van der Waals surface area contributed by atoms with E-state index in [4.69, 9.17) is 0 Å². The third kappa shape index (κ3) is 2.54. The van der Waals surface area contributed by atoms with Crippen molar-refractivity contribution in [1.82, 2.24) is 0 Å².